The second kappa shape index (κ2) is 4.93. The van der Waals surface area contributed by atoms with Gasteiger partial charge in [-0.1, -0.05) is 12.1 Å². The maximum absolute atomic E-state index is 13.0. The van der Waals surface area contributed by atoms with Gasteiger partial charge in [0.15, 0.2) is 0 Å². The Morgan fingerprint density at radius 2 is 1.74 bits per heavy atom. The highest BCUT2D eigenvalue weighted by Crippen LogP contribution is 2.43. The van der Waals surface area contributed by atoms with Gasteiger partial charge in [-0.05, 0) is 12.1 Å². The molecule has 0 saturated carbocycles. The zero-order chi connectivity index (χ0) is 14.1. The molecule has 1 atom stereocenters. The van der Waals surface area contributed by atoms with E-state index in [4.69, 9.17) is 9.57 Å². The van der Waals surface area contributed by atoms with Crippen LogP contribution in [0.25, 0.3) is 0 Å². The smallest absolute Gasteiger partial charge is 0.371 e. The molecular formula is C11H10F5NO2. The maximum Gasteiger partial charge on any atom is 0.458 e. The number of rotatable bonds is 5. The standard InChI is InChI=1S/C11H10F5NO2/c12-10(13,11(14,15)16)7-1-3-8(4-2-7)17-19-6-9-5-18-9/h1-4,9,17H,5-6H2/t9-/m1/s1. The summed E-state index contributed by atoms with van der Waals surface area (Å²) in [5.41, 5.74) is 1.59. The van der Waals surface area contributed by atoms with Crippen LogP contribution in [0.5, 0.6) is 0 Å². The van der Waals surface area contributed by atoms with E-state index in [1.807, 2.05) is 0 Å². The minimum atomic E-state index is -5.61. The van der Waals surface area contributed by atoms with Crippen LogP contribution in [-0.2, 0) is 15.5 Å². The highest BCUT2D eigenvalue weighted by Gasteiger charge is 2.58. The van der Waals surface area contributed by atoms with Crippen LogP contribution in [0.15, 0.2) is 24.3 Å². The molecule has 1 aliphatic rings. The lowest BCUT2D eigenvalue weighted by molar-refractivity contribution is -0.289. The molecule has 1 aromatic carbocycles. The quantitative estimate of drug-likeness (QED) is 0.512. The molecule has 1 fully saturated rings. The number of benzene rings is 1. The van der Waals surface area contributed by atoms with Crippen molar-refractivity contribution in [2.24, 2.45) is 0 Å². The van der Waals surface area contributed by atoms with Gasteiger partial charge in [0.05, 0.1) is 12.3 Å². The van der Waals surface area contributed by atoms with Gasteiger partial charge in [0.2, 0.25) is 0 Å². The zero-order valence-electron chi connectivity index (χ0n) is 9.51. The number of alkyl halides is 5. The molecule has 1 N–H and O–H groups in total. The summed E-state index contributed by atoms with van der Waals surface area (Å²) in [4.78, 5) is 4.95. The normalized spacial score (nSPS) is 19.3. The van der Waals surface area contributed by atoms with E-state index in [9.17, 15) is 22.0 Å². The Hall–Kier alpha value is -1.41. The van der Waals surface area contributed by atoms with E-state index < -0.39 is 17.7 Å². The topological polar surface area (TPSA) is 33.8 Å². The molecule has 0 unspecified atom stereocenters. The van der Waals surface area contributed by atoms with Crippen molar-refractivity contribution < 1.29 is 31.5 Å². The first kappa shape index (κ1) is 14.0. The second-order valence-corrected chi connectivity index (χ2v) is 4.02. The monoisotopic (exact) mass is 283 g/mol. The van der Waals surface area contributed by atoms with Crippen LogP contribution in [0.3, 0.4) is 0 Å². The Morgan fingerprint density at radius 1 is 1.16 bits per heavy atom. The van der Waals surface area contributed by atoms with Crippen LogP contribution >= 0.6 is 0 Å². The maximum atomic E-state index is 13.0. The molecule has 106 valence electrons. The van der Waals surface area contributed by atoms with Crippen LogP contribution in [0, 0.1) is 0 Å². The lowest BCUT2D eigenvalue weighted by Crippen LogP contribution is -2.33. The summed E-state index contributed by atoms with van der Waals surface area (Å²) in [5.74, 6) is -4.87. The fraction of sp³-hybridized carbons (Fsp3) is 0.455. The largest absolute Gasteiger partial charge is 0.458 e. The molecule has 0 spiro atoms. The van der Waals surface area contributed by atoms with Crippen LogP contribution in [0.2, 0.25) is 0 Å². The molecule has 3 nitrogen and oxygen atoms in total. The molecule has 1 saturated heterocycles. The fourth-order valence-corrected chi connectivity index (χ4v) is 1.29. The van der Waals surface area contributed by atoms with Gasteiger partial charge >= 0.3 is 12.1 Å². The predicted molar refractivity (Wildman–Crippen MR) is 55.7 cm³/mol. The van der Waals surface area contributed by atoms with Crippen LogP contribution in [0.4, 0.5) is 27.6 Å². The van der Waals surface area contributed by atoms with E-state index in [0.717, 1.165) is 12.1 Å². The Kier molecular flexibility index (Phi) is 3.64. The molecule has 1 aliphatic heterocycles. The molecule has 2 rings (SSSR count). The summed E-state index contributed by atoms with van der Waals surface area (Å²) >= 11 is 0. The van der Waals surface area contributed by atoms with Gasteiger partial charge in [0.25, 0.3) is 0 Å². The molecule has 0 bridgehead atoms. The van der Waals surface area contributed by atoms with Crippen molar-refractivity contribution in [1.82, 2.24) is 0 Å². The number of hydrogen-bond donors (Lipinski definition) is 1. The van der Waals surface area contributed by atoms with Crippen molar-refractivity contribution in [2.45, 2.75) is 18.2 Å². The second-order valence-electron chi connectivity index (χ2n) is 4.02. The van der Waals surface area contributed by atoms with Crippen molar-refractivity contribution in [3.05, 3.63) is 29.8 Å². The summed E-state index contributed by atoms with van der Waals surface area (Å²) in [5, 5.41) is 0. The SMILES string of the molecule is FC(F)(F)C(F)(F)c1ccc(NOC[C@H]2CO2)cc1. The Labute approximate surface area is 105 Å². The Morgan fingerprint density at radius 3 is 2.21 bits per heavy atom. The molecule has 0 aliphatic carbocycles. The first-order chi connectivity index (χ1) is 8.80. The van der Waals surface area contributed by atoms with Crippen molar-refractivity contribution in [2.75, 3.05) is 18.7 Å². The van der Waals surface area contributed by atoms with Crippen LogP contribution in [-0.4, -0.2) is 25.5 Å². The van der Waals surface area contributed by atoms with Crippen molar-refractivity contribution in [1.29, 1.82) is 0 Å². The first-order valence-electron chi connectivity index (χ1n) is 5.35. The average molecular weight is 283 g/mol. The summed E-state index contributed by atoms with van der Waals surface area (Å²) in [6.45, 7) is 0.874. The molecule has 1 aromatic rings. The fourth-order valence-electron chi connectivity index (χ4n) is 1.29. The lowest BCUT2D eigenvalue weighted by Gasteiger charge is -2.20. The highest BCUT2D eigenvalue weighted by molar-refractivity contribution is 5.43. The molecule has 0 radical (unpaired) electrons. The van der Waals surface area contributed by atoms with Crippen LogP contribution < -0.4 is 5.48 Å². The molecule has 1 heterocycles. The number of anilines is 1. The zero-order valence-corrected chi connectivity index (χ0v) is 9.51. The van der Waals surface area contributed by atoms with Gasteiger partial charge in [-0.3, -0.25) is 10.3 Å². The highest BCUT2D eigenvalue weighted by atomic mass is 19.4. The average Bonchev–Trinajstić information content (AvgIpc) is 3.12. The summed E-state index contributed by atoms with van der Waals surface area (Å²) in [6.07, 6.45) is -5.59. The van der Waals surface area contributed by atoms with E-state index in [2.05, 4.69) is 5.48 Å². The Balaban J connectivity index is 1.96. The molecule has 8 heteroatoms. The third-order valence-corrected chi connectivity index (χ3v) is 2.47. The van der Waals surface area contributed by atoms with Gasteiger partial charge < -0.3 is 4.74 Å². The first-order valence-corrected chi connectivity index (χ1v) is 5.35. The van der Waals surface area contributed by atoms with Crippen molar-refractivity contribution in [3.8, 4) is 0 Å². The van der Waals surface area contributed by atoms with Crippen molar-refractivity contribution >= 4 is 5.69 Å². The minimum absolute atomic E-state index is 0.0151. The lowest BCUT2D eigenvalue weighted by atomic mass is 10.1. The predicted octanol–water partition coefficient (Wildman–Crippen LogP) is 3.08. The van der Waals surface area contributed by atoms with E-state index in [1.165, 1.54) is 0 Å². The van der Waals surface area contributed by atoms with E-state index in [1.54, 1.807) is 0 Å². The molecule has 19 heavy (non-hydrogen) atoms. The molecule has 0 aromatic heterocycles. The summed E-state index contributed by atoms with van der Waals surface area (Å²) in [7, 11) is 0. The van der Waals surface area contributed by atoms with Gasteiger partial charge in [0, 0.05) is 5.56 Å². The van der Waals surface area contributed by atoms with E-state index >= 15 is 0 Å². The third-order valence-electron chi connectivity index (χ3n) is 2.47. The van der Waals surface area contributed by atoms with Crippen molar-refractivity contribution in [3.63, 3.8) is 0 Å². The summed E-state index contributed by atoms with van der Waals surface area (Å²) < 4.78 is 67.1. The Bertz CT molecular complexity index is 428. The van der Waals surface area contributed by atoms with Crippen LogP contribution in [0.1, 0.15) is 5.56 Å². The number of hydrogen-bond acceptors (Lipinski definition) is 3. The van der Waals surface area contributed by atoms with Gasteiger partial charge in [0.1, 0.15) is 12.7 Å². The number of epoxide rings is 1. The van der Waals surface area contributed by atoms with E-state index in [-0.39, 0.29) is 18.4 Å². The molecular weight excluding hydrogens is 273 g/mol. The third kappa shape index (κ3) is 3.32. The minimum Gasteiger partial charge on any atom is -0.371 e. The number of nitrogens with one attached hydrogen (secondary N) is 1. The summed E-state index contributed by atoms with van der Waals surface area (Å²) in [6, 6.07) is 3.57. The number of ether oxygens (including phenoxy) is 1. The molecule has 0 amide bonds. The van der Waals surface area contributed by atoms with Gasteiger partial charge in [-0.2, -0.15) is 22.0 Å². The van der Waals surface area contributed by atoms with E-state index in [0.29, 0.717) is 18.7 Å². The van der Waals surface area contributed by atoms with Gasteiger partial charge in [-0.25, -0.2) is 0 Å². The van der Waals surface area contributed by atoms with Gasteiger partial charge in [-0.15, -0.1) is 0 Å². The number of halogens is 5.